The zero-order valence-electron chi connectivity index (χ0n) is 8.23. The molecule has 0 aromatic heterocycles. The average molecular weight is 185 g/mol. The van der Waals surface area contributed by atoms with Crippen molar-refractivity contribution in [3.8, 4) is 11.8 Å². The summed E-state index contributed by atoms with van der Waals surface area (Å²) in [4.78, 5) is 2.74. The molecule has 0 spiro atoms. The highest BCUT2D eigenvalue weighted by Gasteiger charge is 2.09. The number of hydrogen-bond donors (Lipinski definition) is 0. The van der Waals surface area contributed by atoms with Crippen molar-refractivity contribution >= 4 is 0 Å². The molecule has 3 heteroatoms. The number of benzene rings is 1. The Bertz CT molecular complexity index is 403. The largest absolute Gasteiger partial charge is 0.104 e. The molecule has 70 valence electrons. The summed E-state index contributed by atoms with van der Waals surface area (Å²) in [6, 6.07) is 9.61. The highest BCUT2D eigenvalue weighted by molar-refractivity contribution is 5.36. The lowest BCUT2D eigenvalue weighted by atomic mass is 10.1. The Labute approximate surface area is 83.4 Å². The molecule has 0 atom stereocenters. The van der Waals surface area contributed by atoms with E-state index in [4.69, 9.17) is 5.53 Å². The van der Waals surface area contributed by atoms with Crippen LogP contribution in [0.3, 0.4) is 0 Å². The minimum atomic E-state index is -0.648. The van der Waals surface area contributed by atoms with Crippen LogP contribution < -0.4 is 0 Å². The zero-order valence-corrected chi connectivity index (χ0v) is 8.23. The van der Waals surface area contributed by atoms with E-state index in [0.717, 1.165) is 5.56 Å². The number of hydrogen-bond acceptors (Lipinski definition) is 1. The van der Waals surface area contributed by atoms with Gasteiger partial charge in [0.05, 0.1) is 0 Å². The van der Waals surface area contributed by atoms with Crippen molar-refractivity contribution in [1.29, 1.82) is 0 Å². The molecular formula is C11H11N3. The maximum atomic E-state index is 8.29. The van der Waals surface area contributed by atoms with E-state index in [0.29, 0.717) is 0 Å². The first kappa shape index (κ1) is 10.2. The molecular weight excluding hydrogens is 174 g/mol. The van der Waals surface area contributed by atoms with Gasteiger partial charge in [-0.2, -0.15) is 0 Å². The average Bonchev–Trinajstić information content (AvgIpc) is 2.17. The van der Waals surface area contributed by atoms with Crippen molar-refractivity contribution in [1.82, 2.24) is 0 Å². The van der Waals surface area contributed by atoms with Gasteiger partial charge >= 0.3 is 0 Å². The Kier molecular flexibility index (Phi) is 3.17. The molecule has 1 aromatic rings. The molecule has 0 fully saturated rings. The first-order valence-electron chi connectivity index (χ1n) is 4.28. The molecule has 1 rings (SSSR count). The van der Waals surface area contributed by atoms with Crippen molar-refractivity contribution in [2.75, 3.05) is 0 Å². The van der Waals surface area contributed by atoms with E-state index in [1.165, 1.54) is 0 Å². The van der Waals surface area contributed by atoms with Crippen LogP contribution in [0.2, 0.25) is 0 Å². The molecule has 0 aliphatic rings. The second kappa shape index (κ2) is 4.36. The van der Waals surface area contributed by atoms with Gasteiger partial charge in [0, 0.05) is 10.5 Å². The second-order valence-corrected chi connectivity index (χ2v) is 3.36. The maximum absolute atomic E-state index is 8.29. The molecule has 0 saturated carbocycles. The summed E-state index contributed by atoms with van der Waals surface area (Å²) in [5, 5.41) is 3.58. The number of rotatable bonds is 1. The molecule has 0 unspecified atom stereocenters. The zero-order chi connectivity index (χ0) is 10.4. The first-order chi connectivity index (χ1) is 6.64. The maximum Gasteiger partial charge on any atom is 0.104 e. The van der Waals surface area contributed by atoms with Crippen molar-refractivity contribution in [2.24, 2.45) is 5.11 Å². The summed E-state index contributed by atoms with van der Waals surface area (Å²) >= 11 is 0. The van der Waals surface area contributed by atoms with Gasteiger partial charge in [0.2, 0.25) is 0 Å². The van der Waals surface area contributed by atoms with Gasteiger partial charge in [-0.05, 0) is 31.5 Å². The van der Waals surface area contributed by atoms with E-state index >= 15 is 0 Å². The van der Waals surface area contributed by atoms with Gasteiger partial charge in [-0.1, -0.05) is 35.2 Å². The lowest BCUT2D eigenvalue weighted by Crippen LogP contribution is -2.11. The summed E-state index contributed by atoms with van der Waals surface area (Å²) < 4.78 is 0. The van der Waals surface area contributed by atoms with Crippen LogP contribution in [0.4, 0.5) is 0 Å². The van der Waals surface area contributed by atoms with Crippen LogP contribution >= 0.6 is 0 Å². The highest BCUT2D eigenvalue weighted by atomic mass is 15.2. The Morgan fingerprint density at radius 2 is 1.93 bits per heavy atom. The topological polar surface area (TPSA) is 48.8 Å². The van der Waals surface area contributed by atoms with E-state index in [-0.39, 0.29) is 0 Å². The molecule has 14 heavy (non-hydrogen) atoms. The van der Waals surface area contributed by atoms with Crippen LogP contribution in [0, 0.1) is 11.8 Å². The Balaban J connectivity index is 2.88. The molecule has 0 radical (unpaired) electrons. The summed E-state index contributed by atoms with van der Waals surface area (Å²) in [5.74, 6) is 5.86. The van der Waals surface area contributed by atoms with Crippen LogP contribution in [0.25, 0.3) is 10.4 Å². The van der Waals surface area contributed by atoms with Crippen molar-refractivity contribution in [3.63, 3.8) is 0 Å². The molecule has 1 aromatic carbocycles. The summed E-state index contributed by atoms with van der Waals surface area (Å²) in [5.41, 5.74) is 8.57. The van der Waals surface area contributed by atoms with E-state index in [2.05, 4.69) is 21.9 Å². The molecule has 0 amide bonds. The standard InChI is InChI=1S/C11H11N3/c1-11(2,13-14-12)9-8-10-6-4-3-5-7-10/h3-7H,1-2H3. The van der Waals surface area contributed by atoms with Crippen molar-refractivity contribution in [3.05, 3.63) is 46.3 Å². The Morgan fingerprint density at radius 3 is 2.50 bits per heavy atom. The van der Waals surface area contributed by atoms with Gasteiger partial charge in [-0.3, -0.25) is 0 Å². The smallest absolute Gasteiger partial charge is 0.0856 e. The van der Waals surface area contributed by atoms with E-state index < -0.39 is 5.54 Å². The fourth-order valence-electron chi connectivity index (χ4n) is 0.883. The lowest BCUT2D eigenvalue weighted by Gasteiger charge is -2.06. The molecule has 3 nitrogen and oxygen atoms in total. The molecule has 0 N–H and O–H groups in total. The molecule has 0 saturated heterocycles. The number of azide groups is 1. The van der Waals surface area contributed by atoms with Crippen molar-refractivity contribution in [2.45, 2.75) is 19.4 Å². The third-order valence-corrected chi connectivity index (χ3v) is 1.58. The van der Waals surface area contributed by atoms with Gasteiger partial charge in [-0.25, -0.2) is 0 Å². The monoisotopic (exact) mass is 185 g/mol. The predicted molar refractivity (Wildman–Crippen MR) is 56.5 cm³/mol. The quantitative estimate of drug-likeness (QED) is 0.279. The van der Waals surface area contributed by atoms with Crippen LogP contribution in [0.1, 0.15) is 19.4 Å². The third kappa shape index (κ3) is 3.22. The Morgan fingerprint density at radius 1 is 1.29 bits per heavy atom. The van der Waals surface area contributed by atoms with Crippen LogP contribution in [-0.4, -0.2) is 5.54 Å². The fraction of sp³-hybridized carbons (Fsp3) is 0.273. The van der Waals surface area contributed by atoms with Crippen molar-refractivity contribution < 1.29 is 0 Å². The lowest BCUT2D eigenvalue weighted by molar-refractivity contribution is 0.674. The molecule has 0 aliphatic carbocycles. The Hall–Kier alpha value is -1.91. The molecule has 0 aliphatic heterocycles. The summed E-state index contributed by atoms with van der Waals surface area (Å²) in [6.07, 6.45) is 0. The highest BCUT2D eigenvalue weighted by Crippen LogP contribution is 2.07. The van der Waals surface area contributed by atoms with Gasteiger partial charge in [0.1, 0.15) is 5.54 Å². The predicted octanol–water partition coefficient (Wildman–Crippen LogP) is 3.13. The second-order valence-electron chi connectivity index (χ2n) is 3.36. The molecule has 0 bridgehead atoms. The third-order valence-electron chi connectivity index (χ3n) is 1.58. The normalized spacial score (nSPS) is 9.57. The van der Waals surface area contributed by atoms with E-state index in [1.807, 2.05) is 30.3 Å². The van der Waals surface area contributed by atoms with Crippen LogP contribution in [0.5, 0.6) is 0 Å². The van der Waals surface area contributed by atoms with E-state index in [1.54, 1.807) is 13.8 Å². The first-order valence-corrected chi connectivity index (χ1v) is 4.28. The van der Waals surface area contributed by atoms with Gasteiger partial charge in [0.15, 0.2) is 0 Å². The van der Waals surface area contributed by atoms with E-state index in [9.17, 15) is 0 Å². The summed E-state index contributed by atoms with van der Waals surface area (Å²) in [7, 11) is 0. The van der Waals surface area contributed by atoms with Crippen LogP contribution in [0.15, 0.2) is 35.4 Å². The minimum absolute atomic E-state index is 0.648. The fourth-order valence-corrected chi connectivity index (χ4v) is 0.883. The van der Waals surface area contributed by atoms with Gasteiger partial charge < -0.3 is 0 Å². The van der Waals surface area contributed by atoms with Crippen LogP contribution in [-0.2, 0) is 0 Å². The minimum Gasteiger partial charge on any atom is -0.0856 e. The SMILES string of the molecule is CC(C)(C#Cc1ccccc1)N=[N+]=[N-]. The molecule has 0 heterocycles. The van der Waals surface area contributed by atoms with Gasteiger partial charge in [0.25, 0.3) is 0 Å². The number of nitrogens with zero attached hydrogens (tertiary/aromatic N) is 3. The summed E-state index contributed by atoms with van der Waals surface area (Å²) in [6.45, 7) is 3.56. The van der Waals surface area contributed by atoms with Gasteiger partial charge in [-0.15, -0.1) is 0 Å².